The van der Waals surface area contributed by atoms with Crippen LogP contribution >= 0.6 is 0 Å². The normalized spacial score (nSPS) is 19.9. The van der Waals surface area contributed by atoms with Crippen LogP contribution in [-0.4, -0.2) is 47.8 Å². The molecule has 0 aromatic carbocycles. The zero-order valence-electron chi connectivity index (χ0n) is 10.8. The minimum atomic E-state index is -0.0803. The van der Waals surface area contributed by atoms with E-state index in [0.717, 1.165) is 19.5 Å². The second-order valence-corrected chi connectivity index (χ2v) is 4.78. The molecule has 0 aromatic heterocycles. The Balaban J connectivity index is 2.51. The topological polar surface area (TPSA) is 40.6 Å². The molecule has 1 saturated heterocycles. The molecular weight excluding hydrogens is 216 g/mol. The lowest BCUT2D eigenvalue weighted by molar-refractivity contribution is -0.140. The lowest BCUT2D eigenvalue weighted by Gasteiger charge is -2.32. The summed E-state index contributed by atoms with van der Waals surface area (Å²) < 4.78 is 0. The number of hydrogen-bond donors (Lipinski definition) is 0. The number of hydrogen-bond acceptors (Lipinski definition) is 2. The summed E-state index contributed by atoms with van der Waals surface area (Å²) >= 11 is 0. The second kappa shape index (κ2) is 6.42. The second-order valence-electron chi connectivity index (χ2n) is 4.78. The molecule has 4 heteroatoms. The van der Waals surface area contributed by atoms with E-state index in [1.165, 1.54) is 18.2 Å². The third-order valence-corrected chi connectivity index (χ3v) is 3.13. The third kappa shape index (κ3) is 4.21. The summed E-state index contributed by atoms with van der Waals surface area (Å²) in [6, 6.07) is 0. The lowest BCUT2D eigenvalue weighted by atomic mass is 10.0. The highest BCUT2D eigenvalue weighted by molar-refractivity contribution is 5.84. The summed E-state index contributed by atoms with van der Waals surface area (Å²) in [5, 5.41) is 0. The third-order valence-electron chi connectivity index (χ3n) is 3.13. The van der Waals surface area contributed by atoms with E-state index < -0.39 is 0 Å². The van der Waals surface area contributed by atoms with Crippen LogP contribution in [0.25, 0.3) is 0 Å². The average Bonchev–Trinajstić information content (AvgIpc) is 2.28. The SMILES string of the molecule is C=CCN(CC(=O)N1CCCC(C)C1)C(C)=O. The predicted molar refractivity (Wildman–Crippen MR) is 67.4 cm³/mol. The molecule has 0 spiro atoms. The van der Waals surface area contributed by atoms with Crippen molar-refractivity contribution in [2.24, 2.45) is 5.92 Å². The van der Waals surface area contributed by atoms with Gasteiger partial charge < -0.3 is 9.80 Å². The van der Waals surface area contributed by atoms with E-state index in [4.69, 9.17) is 0 Å². The molecule has 1 heterocycles. The molecule has 0 aromatic rings. The number of carbonyl (C=O) groups excluding carboxylic acids is 2. The summed E-state index contributed by atoms with van der Waals surface area (Å²) in [4.78, 5) is 26.7. The zero-order valence-corrected chi connectivity index (χ0v) is 10.8. The molecule has 1 rings (SSSR count). The first-order valence-corrected chi connectivity index (χ1v) is 6.18. The van der Waals surface area contributed by atoms with E-state index in [9.17, 15) is 9.59 Å². The van der Waals surface area contributed by atoms with E-state index in [-0.39, 0.29) is 18.4 Å². The van der Waals surface area contributed by atoms with Gasteiger partial charge in [0.2, 0.25) is 11.8 Å². The molecule has 1 unspecified atom stereocenters. The van der Waals surface area contributed by atoms with Crippen molar-refractivity contribution < 1.29 is 9.59 Å². The Hall–Kier alpha value is -1.32. The molecule has 1 aliphatic heterocycles. The zero-order chi connectivity index (χ0) is 12.8. The van der Waals surface area contributed by atoms with Gasteiger partial charge in [-0.3, -0.25) is 9.59 Å². The van der Waals surface area contributed by atoms with Crippen molar-refractivity contribution in [2.75, 3.05) is 26.2 Å². The molecule has 4 nitrogen and oxygen atoms in total. The van der Waals surface area contributed by atoms with Crippen LogP contribution in [0.5, 0.6) is 0 Å². The van der Waals surface area contributed by atoms with Crippen molar-refractivity contribution >= 4 is 11.8 Å². The van der Waals surface area contributed by atoms with Gasteiger partial charge in [0, 0.05) is 26.6 Å². The molecule has 0 bridgehead atoms. The number of nitrogens with zero attached hydrogens (tertiary/aromatic N) is 2. The van der Waals surface area contributed by atoms with Crippen LogP contribution in [-0.2, 0) is 9.59 Å². The molecule has 2 amide bonds. The fraction of sp³-hybridized carbons (Fsp3) is 0.692. The first kappa shape index (κ1) is 13.7. The Labute approximate surface area is 103 Å². The first-order valence-electron chi connectivity index (χ1n) is 6.18. The van der Waals surface area contributed by atoms with Gasteiger partial charge >= 0.3 is 0 Å². The van der Waals surface area contributed by atoms with Crippen molar-refractivity contribution in [2.45, 2.75) is 26.7 Å². The minimum absolute atomic E-state index is 0.0496. The summed E-state index contributed by atoms with van der Waals surface area (Å²) in [6.07, 6.45) is 3.90. The number of amides is 2. The number of carbonyl (C=O) groups is 2. The van der Waals surface area contributed by atoms with E-state index in [1.807, 2.05) is 4.90 Å². The van der Waals surface area contributed by atoms with Crippen LogP contribution in [0.4, 0.5) is 0 Å². The van der Waals surface area contributed by atoms with Crippen molar-refractivity contribution in [1.82, 2.24) is 9.80 Å². The summed E-state index contributed by atoms with van der Waals surface area (Å²) in [6.45, 7) is 9.49. The molecule has 17 heavy (non-hydrogen) atoms. The highest BCUT2D eigenvalue weighted by atomic mass is 16.2. The smallest absolute Gasteiger partial charge is 0.242 e. The van der Waals surface area contributed by atoms with Crippen molar-refractivity contribution in [3.63, 3.8) is 0 Å². The highest BCUT2D eigenvalue weighted by Crippen LogP contribution is 2.15. The van der Waals surface area contributed by atoms with Gasteiger partial charge in [0.25, 0.3) is 0 Å². The summed E-state index contributed by atoms with van der Waals surface area (Å²) in [7, 11) is 0. The maximum atomic E-state index is 12.0. The van der Waals surface area contributed by atoms with Crippen LogP contribution in [0, 0.1) is 5.92 Å². The molecule has 1 aliphatic rings. The monoisotopic (exact) mass is 238 g/mol. The number of likely N-dealkylation sites (tertiary alicyclic amines) is 1. The lowest BCUT2D eigenvalue weighted by Crippen LogP contribution is -2.45. The maximum Gasteiger partial charge on any atom is 0.242 e. The Kier molecular flexibility index (Phi) is 5.19. The molecule has 0 aliphatic carbocycles. The predicted octanol–water partition coefficient (Wildman–Crippen LogP) is 1.28. The van der Waals surface area contributed by atoms with E-state index >= 15 is 0 Å². The number of piperidine rings is 1. The molecule has 1 atom stereocenters. The van der Waals surface area contributed by atoms with Gasteiger partial charge in [0.1, 0.15) is 6.54 Å². The Bertz CT molecular complexity index is 302. The van der Waals surface area contributed by atoms with Gasteiger partial charge in [-0.05, 0) is 18.8 Å². The van der Waals surface area contributed by atoms with Crippen LogP contribution < -0.4 is 0 Å². The molecule has 96 valence electrons. The van der Waals surface area contributed by atoms with E-state index in [1.54, 1.807) is 6.08 Å². The Morgan fingerprint density at radius 2 is 2.24 bits per heavy atom. The molecule has 0 radical (unpaired) electrons. The van der Waals surface area contributed by atoms with Gasteiger partial charge in [-0.2, -0.15) is 0 Å². The molecular formula is C13H22N2O2. The van der Waals surface area contributed by atoms with Crippen LogP contribution in [0.15, 0.2) is 12.7 Å². The highest BCUT2D eigenvalue weighted by Gasteiger charge is 2.22. The van der Waals surface area contributed by atoms with Gasteiger partial charge in [-0.25, -0.2) is 0 Å². The van der Waals surface area contributed by atoms with E-state index in [2.05, 4.69) is 13.5 Å². The van der Waals surface area contributed by atoms with Crippen molar-refractivity contribution in [1.29, 1.82) is 0 Å². The van der Waals surface area contributed by atoms with Gasteiger partial charge in [-0.15, -0.1) is 6.58 Å². The van der Waals surface area contributed by atoms with Gasteiger partial charge in [0.15, 0.2) is 0 Å². The summed E-state index contributed by atoms with van der Waals surface area (Å²) in [5.41, 5.74) is 0. The van der Waals surface area contributed by atoms with E-state index in [0.29, 0.717) is 12.5 Å². The quantitative estimate of drug-likeness (QED) is 0.692. The molecule has 1 fully saturated rings. The first-order chi connectivity index (χ1) is 8.04. The van der Waals surface area contributed by atoms with Crippen molar-refractivity contribution in [3.8, 4) is 0 Å². The Morgan fingerprint density at radius 3 is 2.76 bits per heavy atom. The minimum Gasteiger partial charge on any atom is -0.341 e. The van der Waals surface area contributed by atoms with Crippen LogP contribution in [0.3, 0.4) is 0 Å². The molecule has 0 saturated carbocycles. The number of rotatable bonds is 4. The Morgan fingerprint density at radius 1 is 1.53 bits per heavy atom. The average molecular weight is 238 g/mol. The van der Waals surface area contributed by atoms with Gasteiger partial charge in [-0.1, -0.05) is 13.0 Å². The van der Waals surface area contributed by atoms with Gasteiger partial charge in [0.05, 0.1) is 0 Å². The standard InChI is InChI=1S/C13H22N2O2/c1-4-7-14(12(3)16)10-13(17)15-8-5-6-11(2)9-15/h4,11H,1,5-10H2,2-3H3. The largest absolute Gasteiger partial charge is 0.341 e. The fourth-order valence-electron chi connectivity index (χ4n) is 2.14. The van der Waals surface area contributed by atoms with Crippen molar-refractivity contribution in [3.05, 3.63) is 12.7 Å². The maximum absolute atomic E-state index is 12.0. The fourth-order valence-corrected chi connectivity index (χ4v) is 2.14. The molecule has 0 N–H and O–H groups in total. The summed E-state index contributed by atoms with van der Waals surface area (Å²) in [5.74, 6) is 0.537. The van der Waals surface area contributed by atoms with Crippen LogP contribution in [0.2, 0.25) is 0 Å². The van der Waals surface area contributed by atoms with Crippen LogP contribution in [0.1, 0.15) is 26.7 Å².